The van der Waals surface area contributed by atoms with Gasteiger partial charge in [-0.25, -0.2) is 4.79 Å². The van der Waals surface area contributed by atoms with E-state index in [-0.39, 0.29) is 18.2 Å². The molecule has 0 amide bonds. The second-order valence-corrected chi connectivity index (χ2v) is 4.70. The number of nitrogens with one attached hydrogen (secondary N) is 1. The highest BCUT2D eigenvalue weighted by atomic mass is 35.5. The van der Waals surface area contributed by atoms with Crippen LogP contribution < -0.4 is 11.1 Å². The average molecular weight is 269 g/mol. The van der Waals surface area contributed by atoms with Crippen molar-refractivity contribution in [2.24, 2.45) is 7.05 Å². The number of hydrogen-bond acceptors (Lipinski definition) is 3. The molecule has 3 rings (SSSR count). The Balaban J connectivity index is 0.00000120. The van der Waals surface area contributed by atoms with Gasteiger partial charge in [-0.05, 0) is 43.0 Å². The van der Waals surface area contributed by atoms with Gasteiger partial charge in [0.2, 0.25) is 0 Å². The standard InChI is InChI=1S/C13H16N2O2.ClH/c1-15-11-5-4-9(7-12(11)17-13(15)16)10-3-2-6-14-8-10;/h4-5,7,10,14H,2-3,6,8H2,1H3;1H. The SMILES string of the molecule is Cl.Cn1c(=O)oc2cc(C3CCCNC3)ccc21. The number of rotatable bonds is 1. The summed E-state index contributed by atoms with van der Waals surface area (Å²) in [5.74, 6) is 0.248. The van der Waals surface area contributed by atoms with Crippen LogP contribution in [0.5, 0.6) is 0 Å². The molecule has 0 spiro atoms. The lowest BCUT2D eigenvalue weighted by Gasteiger charge is -2.22. The molecular formula is C13H17ClN2O2. The van der Waals surface area contributed by atoms with E-state index in [1.54, 1.807) is 7.05 Å². The summed E-state index contributed by atoms with van der Waals surface area (Å²) in [6, 6.07) is 6.09. The predicted molar refractivity (Wildman–Crippen MR) is 73.5 cm³/mol. The molecule has 0 saturated carbocycles. The number of benzene rings is 1. The number of hydrogen-bond donors (Lipinski definition) is 1. The summed E-state index contributed by atoms with van der Waals surface area (Å²) in [5, 5.41) is 3.40. The zero-order chi connectivity index (χ0) is 11.8. The minimum absolute atomic E-state index is 0. The molecule has 1 aromatic carbocycles. The maximum absolute atomic E-state index is 11.4. The molecule has 1 saturated heterocycles. The minimum atomic E-state index is -0.293. The second kappa shape index (κ2) is 5.16. The van der Waals surface area contributed by atoms with Crippen LogP contribution in [0.4, 0.5) is 0 Å². The van der Waals surface area contributed by atoms with Gasteiger partial charge in [-0.3, -0.25) is 4.57 Å². The maximum atomic E-state index is 11.4. The van der Waals surface area contributed by atoms with Crippen molar-refractivity contribution in [1.29, 1.82) is 0 Å². The first-order valence-corrected chi connectivity index (χ1v) is 6.06. The number of halogens is 1. The van der Waals surface area contributed by atoms with Crippen LogP contribution in [0.1, 0.15) is 24.3 Å². The summed E-state index contributed by atoms with van der Waals surface area (Å²) < 4.78 is 6.76. The van der Waals surface area contributed by atoms with Crippen LogP contribution in [-0.4, -0.2) is 17.7 Å². The Morgan fingerprint density at radius 1 is 1.44 bits per heavy atom. The van der Waals surface area contributed by atoms with Crippen molar-refractivity contribution in [3.05, 3.63) is 34.3 Å². The highest BCUT2D eigenvalue weighted by Gasteiger charge is 2.16. The Morgan fingerprint density at radius 3 is 3.00 bits per heavy atom. The van der Waals surface area contributed by atoms with Gasteiger partial charge in [0, 0.05) is 13.6 Å². The van der Waals surface area contributed by atoms with Gasteiger partial charge in [-0.15, -0.1) is 12.4 Å². The fourth-order valence-electron chi connectivity index (χ4n) is 2.54. The van der Waals surface area contributed by atoms with Gasteiger partial charge in [0.15, 0.2) is 5.58 Å². The Kier molecular flexibility index (Phi) is 3.78. The molecule has 1 unspecified atom stereocenters. The van der Waals surface area contributed by atoms with E-state index in [9.17, 15) is 4.79 Å². The topological polar surface area (TPSA) is 47.2 Å². The van der Waals surface area contributed by atoms with Crippen LogP contribution >= 0.6 is 12.4 Å². The van der Waals surface area contributed by atoms with Crippen molar-refractivity contribution >= 4 is 23.5 Å². The maximum Gasteiger partial charge on any atom is 0.419 e. The Labute approximate surface area is 111 Å². The second-order valence-electron chi connectivity index (χ2n) is 4.70. The largest absolute Gasteiger partial charge is 0.419 e. The lowest BCUT2D eigenvalue weighted by atomic mass is 9.91. The quantitative estimate of drug-likeness (QED) is 0.861. The molecule has 5 heteroatoms. The summed E-state index contributed by atoms with van der Waals surface area (Å²) in [5.41, 5.74) is 2.82. The molecule has 98 valence electrons. The van der Waals surface area contributed by atoms with Crippen molar-refractivity contribution in [2.75, 3.05) is 13.1 Å². The van der Waals surface area contributed by atoms with Gasteiger partial charge >= 0.3 is 5.76 Å². The highest BCUT2D eigenvalue weighted by molar-refractivity contribution is 5.85. The first-order valence-electron chi connectivity index (χ1n) is 6.06. The Bertz CT molecular complexity index is 597. The molecular weight excluding hydrogens is 252 g/mol. The van der Waals surface area contributed by atoms with Crippen molar-refractivity contribution < 1.29 is 4.42 Å². The van der Waals surface area contributed by atoms with Crippen LogP contribution in [0, 0.1) is 0 Å². The molecule has 2 aromatic rings. The molecule has 0 aliphatic carbocycles. The van der Waals surface area contributed by atoms with Crippen molar-refractivity contribution in [1.82, 2.24) is 9.88 Å². The van der Waals surface area contributed by atoms with E-state index in [0.29, 0.717) is 11.5 Å². The summed E-state index contributed by atoms with van der Waals surface area (Å²) >= 11 is 0. The highest BCUT2D eigenvalue weighted by Crippen LogP contribution is 2.25. The van der Waals surface area contributed by atoms with Gasteiger partial charge in [-0.2, -0.15) is 0 Å². The van der Waals surface area contributed by atoms with E-state index < -0.39 is 0 Å². The Hall–Kier alpha value is -1.26. The zero-order valence-electron chi connectivity index (χ0n) is 10.3. The number of nitrogens with zero attached hydrogens (tertiary/aromatic N) is 1. The summed E-state index contributed by atoms with van der Waals surface area (Å²) in [6.07, 6.45) is 2.41. The van der Waals surface area contributed by atoms with Crippen LogP contribution in [0.2, 0.25) is 0 Å². The first-order chi connectivity index (χ1) is 8.25. The van der Waals surface area contributed by atoms with E-state index in [1.165, 1.54) is 23.0 Å². The van der Waals surface area contributed by atoms with Crippen LogP contribution in [0.3, 0.4) is 0 Å². The van der Waals surface area contributed by atoms with Crippen LogP contribution in [0.15, 0.2) is 27.4 Å². The average Bonchev–Trinajstić information content (AvgIpc) is 2.66. The number of aromatic nitrogens is 1. The molecule has 18 heavy (non-hydrogen) atoms. The molecule has 1 fully saturated rings. The smallest absolute Gasteiger partial charge is 0.408 e. The van der Waals surface area contributed by atoms with Crippen molar-refractivity contribution in [3.63, 3.8) is 0 Å². The fraction of sp³-hybridized carbons (Fsp3) is 0.462. The molecule has 1 aliphatic heterocycles. The lowest BCUT2D eigenvalue weighted by Crippen LogP contribution is -2.28. The van der Waals surface area contributed by atoms with Crippen molar-refractivity contribution in [3.8, 4) is 0 Å². The van der Waals surface area contributed by atoms with E-state index in [0.717, 1.165) is 18.6 Å². The summed E-state index contributed by atoms with van der Waals surface area (Å²) in [4.78, 5) is 11.4. The van der Waals surface area contributed by atoms with Crippen molar-refractivity contribution in [2.45, 2.75) is 18.8 Å². The number of fused-ring (bicyclic) bond motifs is 1. The zero-order valence-corrected chi connectivity index (χ0v) is 11.1. The van der Waals surface area contributed by atoms with Gasteiger partial charge < -0.3 is 9.73 Å². The Morgan fingerprint density at radius 2 is 2.28 bits per heavy atom. The fourth-order valence-corrected chi connectivity index (χ4v) is 2.54. The van der Waals surface area contributed by atoms with Gasteiger partial charge in [-0.1, -0.05) is 6.07 Å². The third-order valence-corrected chi connectivity index (χ3v) is 3.58. The van der Waals surface area contributed by atoms with Gasteiger partial charge in [0.25, 0.3) is 0 Å². The minimum Gasteiger partial charge on any atom is -0.408 e. The summed E-state index contributed by atoms with van der Waals surface area (Å²) in [6.45, 7) is 2.13. The van der Waals surface area contributed by atoms with Gasteiger partial charge in [0.1, 0.15) is 0 Å². The monoisotopic (exact) mass is 268 g/mol. The van der Waals surface area contributed by atoms with E-state index in [2.05, 4.69) is 11.4 Å². The molecule has 4 nitrogen and oxygen atoms in total. The van der Waals surface area contributed by atoms with E-state index in [4.69, 9.17) is 4.42 Å². The number of piperidine rings is 1. The molecule has 1 aromatic heterocycles. The predicted octanol–water partition coefficient (Wildman–Crippen LogP) is 2.02. The molecule has 0 radical (unpaired) electrons. The molecule has 1 atom stereocenters. The van der Waals surface area contributed by atoms with E-state index in [1.807, 2.05) is 12.1 Å². The number of aryl methyl sites for hydroxylation is 1. The van der Waals surface area contributed by atoms with Crippen LogP contribution in [0.25, 0.3) is 11.1 Å². The molecule has 0 bridgehead atoms. The van der Waals surface area contributed by atoms with Gasteiger partial charge in [0.05, 0.1) is 5.52 Å². The van der Waals surface area contributed by atoms with E-state index >= 15 is 0 Å². The summed E-state index contributed by atoms with van der Waals surface area (Å²) in [7, 11) is 1.73. The molecule has 2 heterocycles. The first kappa shape index (κ1) is 13.2. The van der Waals surface area contributed by atoms with Crippen LogP contribution in [-0.2, 0) is 7.05 Å². The normalized spacial score (nSPS) is 19.7. The lowest BCUT2D eigenvalue weighted by molar-refractivity contribution is 0.461. The molecule has 1 aliphatic rings. The molecule has 1 N–H and O–H groups in total. The third kappa shape index (κ3) is 2.18. The third-order valence-electron chi connectivity index (χ3n) is 3.58. The number of oxazole rings is 1.